The van der Waals surface area contributed by atoms with Gasteiger partial charge in [-0.1, -0.05) is 13.8 Å². The fraction of sp³-hybridized carbons (Fsp3) is 0.714. The lowest BCUT2D eigenvalue weighted by Gasteiger charge is -2.18. The summed E-state index contributed by atoms with van der Waals surface area (Å²) in [6.45, 7) is 9.96. The van der Waals surface area contributed by atoms with Gasteiger partial charge in [0.15, 0.2) is 11.9 Å². The van der Waals surface area contributed by atoms with Crippen molar-refractivity contribution in [3.05, 3.63) is 12.4 Å². The number of rotatable bonds is 7. The lowest BCUT2D eigenvalue weighted by molar-refractivity contribution is -0.128. The van der Waals surface area contributed by atoms with E-state index in [4.69, 9.17) is 4.74 Å². The molecule has 0 fully saturated rings. The molecule has 0 aliphatic rings. The van der Waals surface area contributed by atoms with E-state index in [0.717, 1.165) is 12.8 Å². The fourth-order valence-electron chi connectivity index (χ4n) is 1.73. The summed E-state index contributed by atoms with van der Waals surface area (Å²) in [4.78, 5) is 12.0. The molecule has 0 aliphatic heterocycles. The van der Waals surface area contributed by atoms with Crippen molar-refractivity contribution in [1.82, 2.24) is 15.1 Å². The molecule has 0 saturated heterocycles. The fourth-order valence-corrected chi connectivity index (χ4v) is 1.73. The van der Waals surface area contributed by atoms with Gasteiger partial charge in [-0.2, -0.15) is 5.10 Å². The standard InChI is InChI=1S/C14H25N3O2/c1-6-12(7-2)16-14(18)11(5)19-13-8-15-17(9-13)10(3)4/h8-12H,6-7H2,1-5H3,(H,16,18). The van der Waals surface area contributed by atoms with Crippen LogP contribution in [0.5, 0.6) is 5.75 Å². The van der Waals surface area contributed by atoms with Gasteiger partial charge in [-0.05, 0) is 33.6 Å². The lowest BCUT2D eigenvalue weighted by atomic mass is 10.1. The first kappa shape index (κ1) is 15.5. The molecule has 19 heavy (non-hydrogen) atoms. The Morgan fingerprint density at radius 2 is 2.00 bits per heavy atom. The molecule has 5 nitrogen and oxygen atoms in total. The molecule has 108 valence electrons. The van der Waals surface area contributed by atoms with Crippen molar-refractivity contribution in [2.45, 2.75) is 65.6 Å². The Kier molecular flexibility index (Phi) is 5.86. The van der Waals surface area contributed by atoms with Gasteiger partial charge in [-0.25, -0.2) is 0 Å². The van der Waals surface area contributed by atoms with Crippen LogP contribution in [0.3, 0.4) is 0 Å². The van der Waals surface area contributed by atoms with Gasteiger partial charge in [0.05, 0.1) is 12.4 Å². The van der Waals surface area contributed by atoms with Crippen LogP contribution in [0.1, 0.15) is 53.5 Å². The van der Waals surface area contributed by atoms with Crippen molar-refractivity contribution in [1.29, 1.82) is 0 Å². The Balaban J connectivity index is 2.53. The molecule has 0 bridgehead atoms. The molecular weight excluding hydrogens is 242 g/mol. The number of aromatic nitrogens is 2. The molecule has 0 saturated carbocycles. The highest BCUT2D eigenvalue weighted by molar-refractivity contribution is 5.80. The maximum atomic E-state index is 12.0. The zero-order valence-corrected chi connectivity index (χ0v) is 12.5. The van der Waals surface area contributed by atoms with Gasteiger partial charge in [0.2, 0.25) is 0 Å². The average Bonchev–Trinajstić information content (AvgIpc) is 2.84. The molecule has 1 atom stereocenters. The lowest BCUT2D eigenvalue weighted by Crippen LogP contribution is -2.42. The van der Waals surface area contributed by atoms with Crippen molar-refractivity contribution < 1.29 is 9.53 Å². The van der Waals surface area contributed by atoms with E-state index in [-0.39, 0.29) is 18.0 Å². The summed E-state index contributed by atoms with van der Waals surface area (Å²) in [7, 11) is 0. The Morgan fingerprint density at radius 3 is 2.47 bits per heavy atom. The van der Waals surface area contributed by atoms with Gasteiger partial charge in [0.25, 0.3) is 5.91 Å². The third-order valence-electron chi connectivity index (χ3n) is 3.12. The summed E-state index contributed by atoms with van der Waals surface area (Å²) >= 11 is 0. The summed E-state index contributed by atoms with van der Waals surface area (Å²) in [5.74, 6) is 0.548. The number of amides is 1. The predicted octanol–water partition coefficient (Wildman–Crippen LogP) is 2.54. The van der Waals surface area contributed by atoms with E-state index in [1.54, 1.807) is 17.8 Å². The van der Waals surface area contributed by atoms with Crippen LogP contribution < -0.4 is 10.1 Å². The molecular formula is C14H25N3O2. The molecule has 1 N–H and O–H groups in total. The summed E-state index contributed by atoms with van der Waals surface area (Å²) in [5, 5.41) is 7.16. The molecule has 0 aliphatic carbocycles. The van der Waals surface area contributed by atoms with E-state index in [1.807, 2.05) is 20.0 Å². The Labute approximate surface area is 115 Å². The first-order chi connectivity index (χ1) is 8.97. The Hall–Kier alpha value is -1.52. The van der Waals surface area contributed by atoms with Gasteiger partial charge in [0, 0.05) is 12.1 Å². The second-order valence-electron chi connectivity index (χ2n) is 5.03. The van der Waals surface area contributed by atoms with Crippen molar-refractivity contribution >= 4 is 5.91 Å². The number of carbonyl (C=O) groups excluding carboxylic acids is 1. The third kappa shape index (κ3) is 4.58. The third-order valence-corrected chi connectivity index (χ3v) is 3.12. The largest absolute Gasteiger partial charge is 0.478 e. The minimum absolute atomic E-state index is 0.0778. The maximum Gasteiger partial charge on any atom is 0.260 e. The van der Waals surface area contributed by atoms with Crippen LogP contribution in [0.4, 0.5) is 0 Å². The van der Waals surface area contributed by atoms with E-state index in [1.165, 1.54) is 0 Å². The minimum atomic E-state index is -0.509. The molecule has 1 unspecified atom stereocenters. The van der Waals surface area contributed by atoms with Crippen LogP contribution in [-0.2, 0) is 4.79 Å². The molecule has 0 spiro atoms. The maximum absolute atomic E-state index is 12.0. The average molecular weight is 267 g/mol. The summed E-state index contributed by atoms with van der Waals surface area (Å²) in [6, 6.07) is 0.503. The van der Waals surface area contributed by atoms with Crippen LogP contribution in [0, 0.1) is 0 Å². The number of nitrogens with zero attached hydrogens (tertiary/aromatic N) is 2. The summed E-state index contributed by atoms with van der Waals surface area (Å²) in [6.07, 6.45) is 4.80. The second-order valence-corrected chi connectivity index (χ2v) is 5.03. The smallest absolute Gasteiger partial charge is 0.260 e. The van der Waals surface area contributed by atoms with Gasteiger partial charge in [-0.15, -0.1) is 0 Å². The van der Waals surface area contributed by atoms with Crippen molar-refractivity contribution in [2.24, 2.45) is 0 Å². The molecule has 1 amide bonds. The van der Waals surface area contributed by atoms with Gasteiger partial charge in [-0.3, -0.25) is 9.48 Å². The highest BCUT2D eigenvalue weighted by atomic mass is 16.5. The van der Waals surface area contributed by atoms with Gasteiger partial charge < -0.3 is 10.1 Å². The van der Waals surface area contributed by atoms with E-state index in [0.29, 0.717) is 5.75 Å². The number of hydrogen-bond acceptors (Lipinski definition) is 3. The number of ether oxygens (including phenoxy) is 1. The Morgan fingerprint density at radius 1 is 1.37 bits per heavy atom. The molecule has 1 aromatic heterocycles. The number of nitrogens with one attached hydrogen (secondary N) is 1. The van der Waals surface area contributed by atoms with Crippen molar-refractivity contribution in [2.75, 3.05) is 0 Å². The summed E-state index contributed by atoms with van der Waals surface area (Å²) in [5.41, 5.74) is 0. The van der Waals surface area contributed by atoms with E-state index >= 15 is 0 Å². The highest BCUT2D eigenvalue weighted by Crippen LogP contribution is 2.14. The van der Waals surface area contributed by atoms with Crippen LogP contribution in [0.15, 0.2) is 12.4 Å². The number of hydrogen-bond donors (Lipinski definition) is 1. The highest BCUT2D eigenvalue weighted by Gasteiger charge is 2.18. The van der Waals surface area contributed by atoms with Crippen LogP contribution in [-0.4, -0.2) is 27.8 Å². The van der Waals surface area contributed by atoms with Crippen molar-refractivity contribution in [3.63, 3.8) is 0 Å². The van der Waals surface area contributed by atoms with Crippen LogP contribution in [0.25, 0.3) is 0 Å². The van der Waals surface area contributed by atoms with Crippen molar-refractivity contribution in [3.8, 4) is 5.75 Å². The molecule has 5 heteroatoms. The van der Waals surface area contributed by atoms with Crippen LogP contribution in [0.2, 0.25) is 0 Å². The van der Waals surface area contributed by atoms with E-state index in [9.17, 15) is 4.79 Å². The number of carbonyl (C=O) groups is 1. The molecule has 1 heterocycles. The molecule has 1 aromatic rings. The zero-order chi connectivity index (χ0) is 14.4. The monoisotopic (exact) mass is 267 g/mol. The van der Waals surface area contributed by atoms with E-state index < -0.39 is 6.10 Å². The molecule has 1 rings (SSSR count). The summed E-state index contributed by atoms with van der Waals surface area (Å²) < 4.78 is 7.41. The SMILES string of the molecule is CCC(CC)NC(=O)C(C)Oc1cnn(C(C)C)c1. The molecule has 0 aromatic carbocycles. The first-order valence-electron chi connectivity index (χ1n) is 6.99. The molecule has 0 radical (unpaired) electrons. The predicted molar refractivity (Wildman–Crippen MR) is 75.2 cm³/mol. The minimum Gasteiger partial charge on any atom is -0.478 e. The normalized spacial score (nSPS) is 12.8. The zero-order valence-electron chi connectivity index (χ0n) is 12.5. The topological polar surface area (TPSA) is 56.1 Å². The van der Waals surface area contributed by atoms with Crippen LogP contribution >= 0.6 is 0 Å². The Bertz CT molecular complexity index is 397. The first-order valence-corrected chi connectivity index (χ1v) is 6.99. The second kappa shape index (κ2) is 7.16. The quantitative estimate of drug-likeness (QED) is 0.826. The van der Waals surface area contributed by atoms with Gasteiger partial charge >= 0.3 is 0 Å². The van der Waals surface area contributed by atoms with E-state index in [2.05, 4.69) is 24.3 Å². The van der Waals surface area contributed by atoms with Gasteiger partial charge in [0.1, 0.15) is 0 Å².